The zero-order valence-corrected chi connectivity index (χ0v) is 15.7. The van der Waals surface area contributed by atoms with E-state index in [2.05, 4.69) is 6.92 Å². The second kappa shape index (κ2) is 9.32. The average Bonchev–Trinajstić information content (AvgIpc) is 2.65. The highest BCUT2D eigenvalue weighted by atomic mass is 16.5. The first kappa shape index (κ1) is 19.9. The Labute approximate surface area is 154 Å². The molecule has 0 saturated heterocycles. The van der Waals surface area contributed by atoms with Gasteiger partial charge in [0.05, 0.1) is 30.9 Å². The predicted octanol–water partition coefficient (Wildman–Crippen LogP) is 4.33. The van der Waals surface area contributed by atoms with Crippen molar-refractivity contribution >= 4 is 17.3 Å². The Morgan fingerprint density at radius 3 is 2.08 bits per heavy atom. The normalized spacial score (nSPS) is 13.3. The molecule has 0 N–H and O–H groups in total. The lowest BCUT2D eigenvalue weighted by atomic mass is 9.85. The molecule has 0 unspecified atom stereocenters. The van der Waals surface area contributed by atoms with Gasteiger partial charge in [-0.25, -0.2) is 0 Å². The van der Waals surface area contributed by atoms with Gasteiger partial charge < -0.3 is 9.47 Å². The lowest BCUT2D eigenvalue weighted by molar-refractivity contribution is -0.115. The van der Waals surface area contributed by atoms with Gasteiger partial charge in [0, 0.05) is 12.5 Å². The molecule has 5 heteroatoms. The first-order valence-corrected chi connectivity index (χ1v) is 9.14. The molecule has 1 aromatic carbocycles. The van der Waals surface area contributed by atoms with Gasteiger partial charge in [-0.2, -0.15) is 0 Å². The van der Waals surface area contributed by atoms with Crippen LogP contribution in [-0.4, -0.2) is 31.6 Å². The Hall–Kier alpha value is -2.43. The van der Waals surface area contributed by atoms with Crippen LogP contribution in [0.15, 0.2) is 23.8 Å². The van der Waals surface area contributed by atoms with E-state index < -0.39 is 11.6 Å². The largest absolute Gasteiger partial charge is 0.496 e. The predicted molar refractivity (Wildman–Crippen MR) is 99.3 cm³/mol. The fraction of sp³-hybridized carbons (Fsp3) is 0.476. The summed E-state index contributed by atoms with van der Waals surface area (Å²) in [7, 11) is 2.86. The highest BCUT2D eigenvalue weighted by molar-refractivity contribution is 6.36. The van der Waals surface area contributed by atoms with Gasteiger partial charge in [0.2, 0.25) is 5.78 Å². The minimum atomic E-state index is -0.466. The second-order valence-electron chi connectivity index (χ2n) is 6.41. The zero-order chi connectivity index (χ0) is 19.1. The third-order valence-electron chi connectivity index (χ3n) is 4.62. The van der Waals surface area contributed by atoms with Crippen LogP contribution in [0.1, 0.15) is 72.6 Å². The van der Waals surface area contributed by atoms with Crippen LogP contribution in [-0.2, 0) is 4.79 Å². The van der Waals surface area contributed by atoms with Crippen molar-refractivity contribution < 1.29 is 23.9 Å². The van der Waals surface area contributed by atoms with Crippen LogP contribution in [0, 0.1) is 0 Å². The molecule has 1 aliphatic rings. The molecule has 2 rings (SSSR count). The number of allylic oxidation sites excluding steroid dienone is 2. The van der Waals surface area contributed by atoms with E-state index in [1.165, 1.54) is 27.1 Å². The van der Waals surface area contributed by atoms with Gasteiger partial charge in [-0.3, -0.25) is 14.4 Å². The van der Waals surface area contributed by atoms with E-state index in [1.807, 2.05) is 0 Å². The number of carbonyl (C=O) groups is 3. The smallest absolute Gasteiger partial charge is 0.201 e. The fourth-order valence-electron chi connectivity index (χ4n) is 3.19. The summed E-state index contributed by atoms with van der Waals surface area (Å²) in [4.78, 5) is 37.9. The number of methoxy groups -OCH3 is 2. The van der Waals surface area contributed by atoms with Crippen LogP contribution in [0.5, 0.6) is 11.5 Å². The maximum atomic E-state index is 12.8. The number of hydrogen-bond donors (Lipinski definition) is 0. The van der Waals surface area contributed by atoms with Gasteiger partial charge in [0.1, 0.15) is 11.5 Å². The maximum absolute atomic E-state index is 12.8. The van der Waals surface area contributed by atoms with Crippen molar-refractivity contribution in [3.05, 3.63) is 34.9 Å². The van der Waals surface area contributed by atoms with E-state index in [0.717, 1.165) is 31.8 Å². The molecule has 0 saturated carbocycles. The van der Waals surface area contributed by atoms with E-state index in [4.69, 9.17) is 9.47 Å². The summed E-state index contributed by atoms with van der Waals surface area (Å²) in [6, 6.07) is 3.16. The van der Waals surface area contributed by atoms with Crippen molar-refractivity contribution in [1.29, 1.82) is 0 Å². The number of hydrogen-bond acceptors (Lipinski definition) is 5. The summed E-state index contributed by atoms with van der Waals surface area (Å²) in [6.07, 6.45) is 7.72. The van der Waals surface area contributed by atoms with Crippen molar-refractivity contribution in [3.63, 3.8) is 0 Å². The van der Waals surface area contributed by atoms with E-state index in [9.17, 15) is 14.4 Å². The third-order valence-corrected chi connectivity index (χ3v) is 4.62. The summed E-state index contributed by atoms with van der Waals surface area (Å²) < 4.78 is 10.4. The number of ketones is 3. The highest BCUT2D eigenvalue weighted by Crippen LogP contribution is 2.36. The van der Waals surface area contributed by atoms with Crippen molar-refractivity contribution in [2.45, 2.75) is 51.9 Å². The number of rotatable bonds is 10. The maximum Gasteiger partial charge on any atom is 0.201 e. The molecule has 0 atom stereocenters. The van der Waals surface area contributed by atoms with Gasteiger partial charge in [0.25, 0.3) is 0 Å². The minimum absolute atomic E-state index is 0.0531. The molecular formula is C21H26O5. The highest BCUT2D eigenvalue weighted by Gasteiger charge is 2.34. The van der Waals surface area contributed by atoms with Gasteiger partial charge >= 0.3 is 0 Å². The Balaban J connectivity index is 2.16. The Morgan fingerprint density at radius 1 is 0.885 bits per heavy atom. The Kier molecular flexibility index (Phi) is 7.13. The SMILES string of the molecule is CCCCCCCCC(=O)C1=CC(=O)c2c(OC)ccc(OC)c2C1=O. The molecule has 0 radical (unpaired) electrons. The molecule has 0 fully saturated rings. The van der Waals surface area contributed by atoms with Gasteiger partial charge in [-0.05, 0) is 18.6 Å². The number of fused-ring (bicyclic) bond motifs is 1. The van der Waals surface area contributed by atoms with E-state index in [-0.39, 0.29) is 34.7 Å². The van der Waals surface area contributed by atoms with Crippen LogP contribution in [0.4, 0.5) is 0 Å². The summed E-state index contributed by atoms with van der Waals surface area (Å²) in [5.74, 6) is -0.572. The van der Waals surface area contributed by atoms with E-state index in [0.29, 0.717) is 5.75 Å². The average molecular weight is 358 g/mol. The van der Waals surface area contributed by atoms with Crippen LogP contribution >= 0.6 is 0 Å². The Morgan fingerprint density at radius 2 is 1.46 bits per heavy atom. The number of unbranched alkanes of at least 4 members (excludes halogenated alkanes) is 5. The molecule has 26 heavy (non-hydrogen) atoms. The van der Waals surface area contributed by atoms with E-state index in [1.54, 1.807) is 12.1 Å². The van der Waals surface area contributed by atoms with Crippen LogP contribution < -0.4 is 9.47 Å². The molecule has 0 aliphatic heterocycles. The number of benzene rings is 1. The Bertz CT molecular complexity index is 730. The van der Waals surface area contributed by atoms with Gasteiger partial charge in [-0.1, -0.05) is 39.0 Å². The molecule has 140 valence electrons. The van der Waals surface area contributed by atoms with Crippen molar-refractivity contribution in [2.75, 3.05) is 14.2 Å². The standard InChI is InChI=1S/C21H26O5/c1-4-5-6-7-8-9-10-15(22)14-13-16(23)19-17(25-2)11-12-18(26-3)20(19)21(14)24/h11-13H,4-10H2,1-3H3. The van der Waals surface area contributed by atoms with Gasteiger partial charge in [-0.15, -0.1) is 0 Å². The lowest BCUT2D eigenvalue weighted by Crippen LogP contribution is -2.23. The molecule has 1 aliphatic carbocycles. The number of Topliss-reactive ketones (excluding diaryl/α,β-unsaturated/α-hetero) is 2. The molecule has 5 nitrogen and oxygen atoms in total. The molecule has 0 heterocycles. The summed E-state index contributed by atoms with van der Waals surface area (Å²) in [6.45, 7) is 2.16. The minimum Gasteiger partial charge on any atom is -0.496 e. The van der Waals surface area contributed by atoms with Crippen molar-refractivity contribution in [2.24, 2.45) is 0 Å². The van der Waals surface area contributed by atoms with Crippen LogP contribution in [0.3, 0.4) is 0 Å². The molecular weight excluding hydrogens is 332 g/mol. The number of ether oxygens (including phenoxy) is 2. The van der Waals surface area contributed by atoms with E-state index >= 15 is 0 Å². The lowest BCUT2D eigenvalue weighted by Gasteiger charge is -2.19. The first-order chi connectivity index (χ1) is 12.5. The summed E-state index contributed by atoms with van der Waals surface area (Å²) >= 11 is 0. The monoisotopic (exact) mass is 358 g/mol. The topological polar surface area (TPSA) is 69.7 Å². The molecule has 0 aromatic heterocycles. The van der Waals surface area contributed by atoms with Crippen LogP contribution in [0.2, 0.25) is 0 Å². The van der Waals surface area contributed by atoms with Gasteiger partial charge in [0.15, 0.2) is 11.6 Å². The molecule has 1 aromatic rings. The molecule has 0 bridgehead atoms. The quantitative estimate of drug-likeness (QED) is 0.460. The fourth-order valence-corrected chi connectivity index (χ4v) is 3.19. The summed E-state index contributed by atoms with van der Waals surface area (Å²) in [5.41, 5.74) is 0.223. The first-order valence-electron chi connectivity index (χ1n) is 9.14. The van der Waals surface area contributed by atoms with Crippen molar-refractivity contribution in [3.8, 4) is 11.5 Å². The van der Waals surface area contributed by atoms with Crippen molar-refractivity contribution in [1.82, 2.24) is 0 Å². The number of carbonyl (C=O) groups excluding carboxylic acids is 3. The zero-order valence-electron chi connectivity index (χ0n) is 15.7. The second-order valence-corrected chi connectivity index (χ2v) is 6.41. The molecule has 0 amide bonds. The third kappa shape index (κ3) is 4.21. The van der Waals surface area contributed by atoms with Crippen LogP contribution in [0.25, 0.3) is 0 Å². The molecule has 0 spiro atoms. The summed E-state index contributed by atoms with van der Waals surface area (Å²) in [5, 5.41) is 0.